The molecule has 1 aliphatic carbocycles. The van der Waals surface area contributed by atoms with Gasteiger partial charge in [-0.25, -0.2) is 4.98 Å². The Morgan fingerprint density at radius 3 is 2.63 bits per heavy atom. The second-order valence-electron chi connectivity index (χ2n) is 4.92. The Kier molecular flexibility index (Phi) is 2.91. The summed E-state index contributed by atoms with van der Waals surface area (Å²) < 4.78 is 1.92. The molecule has 0 radical (unpaired) electrons. The number of hydrogen-bond acceptors (Lipinski definition) is 4. The van der Waals surface area contributed by atoms with Crippen molar-refractivity contribution in [2.75, 3.05) is 5.73 Å². The topological polar surface area (TPSA) is 69.6 Å². The summed E-state index contributed by atoms with van der Waals surface area (Å²) in [5, 5.41) is 0.915. The van der Waals surface area contributed by atoms with E-state index >= 15 is 0 Å². The summed E-state index contributed by atoms with van der Waals surface area (Å²) >= 11 is 12.2. The molecule has 100 valence electrons. The molecule has 3 atom stereocenters. The molecule has 3 rings (SSSR count). The second kappa shape index (κ2) is 4.35. The van der Waals surface area contributed by atoms with E-state index in [2.05, 4.69) is 34.9 Å². The maximum absolute atomic E-state index is 6.34. The third kappa shape index (κ3) is 1.88. The number of allylic oxidation sites excluding steroid dienone is 2. The van der Waals surface area contributed by atoms with Gasteiger partial charge in [-0.1, -0.05) is 31.5 Å². The predicted molar refractivity (Wildman–Crippen MR) is 76.0 cm³/mol. The van der Waals surface area contributed by atoms with E-state index in [9.17, 15) is 0 Å². The lowest BCUT2D eigenvalue weighted by molar-refractivity contribution is 0.379. The standard InChI is InChI=1S/C12H13Cl2N5/c1-5-3-7(13)9(6(5)2)19-4-16-8-10(15)17-12(14)18-11(8)19/h3-6,9H,1-2H3,(H2,15,17,18). The lowest BCUT2D eigenvalue weighted by atomic mass is 9.96. The van der Waals surface area contributed by atoms with E-state index in [1.54, 1.807) is 6.33 Å². The third-order valence-corrected chi connectivity index (χ3v) is 4.27. The van der Waals surface area contributed by atoms with Crippen LogP contribution in [0.2, 0.25) is 5.28 Å². The van der Waals surface area contributed by atoms with Crippen LogP contribution in [0.5, 0.6) is 0 Å². The Morgan fingerprint density at radius 2 is 2.00 bits per heavy atom. The highest BCUT2D eigenvalue weighted by molar-refractivity contribution is 6.30. The minimum Gasteiger partial charge on any atom is -0.382 e. The van der Waals surface area contributed by atoms with Crippen molar-refractivity contribution in [3.63, 3.8) is 0 Å². The predicted octanol–water partition coefficient (Wildman–Crippen LogP) is 3.01. The smallest absolute Gasteiger partial charge is 0.226 e. The summed E-state index contributed by atoms with van der Waals surface area (Å²) in [7, 11) is 0. The van der Waals surface area contributed by atoms with Gasteiger partial charge in [0.1, 0.15) is 5.52 Å². The largest absolute Gasteiger partial charge is 0.382 e. The van der Waals surface area contributed by atoms with Gasteiger partial charge in [0.15, 0.2) is 11.5 Å². The van der Waals surface area contributed by atoms with Crippen LogP contribution in [0.4, 0.5) is 5.82 Å². The molecule has 19 heavy (non-hydrogen) atoms. The zero-order valence-corrected chi connectivity index (χ0v) is 12.0. The summed E-state index contributed by atoms with van der Waals surface area (Å²) in [4.78, 5) is 12.4. The molecule has 7 heteroatoms. The second-order valence-corrected chi connectivity index (χ2v) is 5.69. The molecule has 0 bridgehead atoms. The summed E-state index contributed by atoms with van der Waals surface area (Å²) in [6, 6.07) is 0.0204. The highest BCUT2D eigenvalue weighted by atomic mass is 35.5. The molecular formula is C12H13Cl2N5. The first-order valence-corrected chi connectivity index (χ1v) is 6.77. The fraction of sp³-hybridized carbons (Fsp3) is 0.417. The van der Waals surface area contributed by atoms with Crippen LogP contribution in [-0.4, -0.2) is 19.5 Å². The zero-order chi connectivity index (χ0) is 13.7. The van der Waals surface area contributed by atoms with Crippen LogP contribution in [-0.2, 0) is 0 Å². The number of anilines is 1. The normalized spacial score (nSPS) is 26.9. The van der Waals surface area contributed by atoms with Crippen molar-refractivity contribution in [1.82, 2.24) is 19.5 Å². The Balaban J connectivity index is 2.19. The maximum atomic E-state index is 6.34. The Labute approximate surface area is 120 Å². The zero-order valence-electron chi connectivity index (χ0n) is 10.5. The van der Waals surface area contributed by atoms with E-state index in [-0.39, 0.29) is 17.1 Å². The molecule has 0 saturated carbocycles. The molecular weight excluding hydrogens is 285 g/mol. The van der Waals surface area contributed by atoms with E-state index < -0.39 is 0 Å². The first kappa shape index (κ1) is 12.7. The van der Waals surface area contributed by atoms with Crippen LogP contribution in [0.3, 0.4) is 0 Å². The molecule has 0 amide bonds. The SMILES string of the molecule is CC1C=C(Cl)C(n2cnc3c(N)nc(Cl)nc32)C1C. The molecule has 5 nitrogen and oxygen atoms in total. The first-order valence-electron chi connectivity index (χ1n) is 6.01. The van der Waals surface area contributed by atoms with Crippen LogP contribution < -0.4 is 5.73 Å². The van der Waals surface area contributed by atoms with Gasteiger partial charge in [-0.2, -0.15) is 9.97 Å². The van der Waals surface area contributed by atoms with Gasteiger partial charge in [0.05, 0.1) is 12.4 Å². The van der Waals surface area contributed by atoms with Gasteiger partial charge in [0.25, 0.3) is 0 Å². The Morgan fingerprint density at radius 1 is 1.26 bits per heavy atom. The number of aromatic nitrogens is 4. The van der Waals surface area contributed by atoms with E-state index in [0.29, 0.717) is 23.0 Å². The number of halogens is 2. The average Bonchev–Trinajstić information content (AvgIpc) is 2.82. The molecule has 1 aliphatic rings. The highest BCUT2D eigenvalue weighted by Gasteiger charge is 2.33. The molecule has 0 aliphatic heterocycles. The summed E-state index contributed by atoms with van der Waals surface area (Å²) in [6.45, 7) is 4.29. The van der Waals surface area contributed by atoms with Crippen molar-refractivity contribution >= 4 is 40.2 Å². The monoisotopic (exact) mass is 297 g/mol. The minimum absolute atomic E-state index is 0.0204. The number of hydrogen-bond donors (Lipinski definition) is 1. The van der Waals surface area contributed by atoms with Crippen molar-refractivity contribution < 1.29 is 0 Å². The molecule has 0 saturated heterocycles. The van der Waals surface area contributed by atoms with E-state index in [0.717, 1.165) is 5.03 Å². The van der Waals surface area contributed by atoms with Crippen LogP contribution in [0, 0.1) is 11.8 Å². The van der Waals surface area contributed by atoms with Crippen LogP contribution in [0.15, 0.2) is 17.4 Å². The van der Waals surface area contributed by atoms with Crippen molar-refractivity contribution in [1.29, 1.82) is 0 Å². The van der Waals surface area contributed by atoms with Gasteiger partial charge in [-0.3, -0.25) is 0 Å². The van der Waals surface area contributed by atoms with E-state index in [1.165, 1.54) is 0 Å². The lowest BCUT2D eigenvalue weighted by Crippen LogP contribution is -2.16. The van der Waals surface area contributed by atoms with Crippen LogP contribution in [0.1, 0.15) is 19.9 Å². The summed E-state index contributed by atoms with van der Waals surface area (Å²) in [5.41, 5.74) is 6.98. The van der Waals surface area contributed by atoms with Crippen molar-refractivity contribution in [2.45, 2.75) is 19.9 Å². The molecule has 0 spiro atoms. The number of rotatable bonds is 1. The van der Waals surface area contributed by atoms with Gasteiger partial charge < -0.3 is 10.3 Å². The average molecular weight is 298 g/mol. The molecule has 2 N–H and O–H groups in total. The third-order valence-electron chi connectivity index (χ3n) is 3.75. The number of nitrogens with two attached hydrogens (primary N) is 1. The first-order chi connectivity index (χ1) is 8.99. The molecule has 3 unspecified atom stereocenters. The van der Waals surface area contributed by atoms with Crippen molar-refractivity contribution in [2.24, 2.45) is 11.8 Å². The van der Waals surface area contributed by atoms with Crippen molar-refractivity contribution in [3.8, 4) is 0 Å². The fourth-order valence-electron chi connectivity index (χ4n) is 2.54. The van der Waals surface area contributed by atoms with Gasteiger partial charge in [0, 0.05) is 5.03 Å². The van der Waals surface area contributed by atoms with Gasteiger partial charge in [0.2, 0.25) is 5.28 Å². The number of fused-ring (bicyclic) bond motifs is 1. The summed E-state index contributed by atoms with van der Waals surface area (Å²) in [5.74, 6) is 1.05. The van der Waals surface area contributed by atoms with E-state index in [1.807, 2.05) is 4.57 Å². The summed E-state index contributed by atoms with van der Waals surface area (Å²) in [6.07, 6.45) is 3.76. The fourth-order valence-corrected chi connectivity index (χ4v) is 3.21. The number of imidazole rings is 1. The molecule has 2 aromatic rings. The van der Waals surface area contributed by atoms with Gasteiger partial charge in [-0.05, 0) is 23.4 Å². The quantitative estimate of drug-likeness (QED) is 0.822. The van der Waals surface area contributed by atoms with Gasteiger partial charge >= 0.3 is 0 Å². The molecule has 2 heterocycles. The molecule has 2 aromatic heterocycles. The van der Waals surface area contributed by atoms with E-state index in [4.69, 9.17) is 28.9 Å². The number of nitrogen functional groups attached to an aromatic ring is 1. The highest BCUT2D eigenvalue weighted by Crippen LogP contribution is 2.42. The minimum atomic E-state index is 0.0204. The molecule has 0 aromatic carbocycles. The Hall–Kier alpha value is -1.33. The lowest BCUT2D eigenvalue weighted by Gasteiger charge is -2.21. The van der Waals surface area contributed by atoms with Crippen LogP contribution >= 0.6 is 23.2 Å². The molecule has 0 fully saturated rings. The van der Waals surface area contributed by atoms with Crippen LogP contribution in [0.25, 0.3) is 11.2 Å². The number of nitrogens with zero attached hydrogens (tertiary/aromatic N) is 4. The van der Waals surface area contributed by atoms with Crippen molar-refractivity contribution in [3.05, 3.63) is 22.7 Å². The Bertz CT molecular complexity index is 678. The maximum Gasteiger partial charge on any atom is 0.226 e. The van der Waals surface area contributed by atoms with Gasteiger partial charge in [-0.15, -0.1) is 0 Å².